The molecule has 4 heteroatoms. The van der Waals surface area contributed by atoms with E-state index in [-0.39, 0.29) is 5.91 Å². The van der Waals surface area contributed by atoms with Crippen LogP contribution in [0.2, 0.25) is 5.02 Å². The van der Waals surface area contributed by atoms with Crippen molar-refractivity contribution < 1.29 is 4.79 Å². The molecule has 1 amide bonds. The molecule has 1 aromatic rings. The second-order valence-corrected chi connectivity index (χ2v) is 6.25. The first-order valence-electron chi connectivity index (χ1n) is 6.97. The Bertz CT molecular complexity index is 503. The van der Waals surface area contributed by atoms with Crippen LogP contribution in [-0.4, -0.2) is 12.5 Å². The number of hydrogen-bond acceptors (Lipinski definition) is 2. The predicted octanol–water partition coefficient (Wildman–Crippen LogP) is 3.09. The van der Waals surface area contributed by atoms with Gasteiger partial charge in [-0.05, 0) is 49.1 Å². The Labute approximate surface area is 118 Å². The van der Waals surface area contributed by atoms with E-state index in [1.807, 2.05) is 0 Å². The number of nitrogens with two attached hydrogens (primary N) is 1. The van der Waals surface area contributed by atoms with E-state index in [2.05, 4.69) is 5.32 Å². The van der Waals surface area contributed by atoms with Crippen molar-refractivity contribution in [3.8, 4) is 0 Å². The van der Waals surface area contributed by atoms with Gasteiger partial charge >= 0.3 is 0 Å². The molecule has 3 N–H and O–H groups in total. The Hall–Kier alpha value is -1.22. The summed E-state index contributed by atoms with van der Waals surface area (Å²) < 4.78 is 0. The zero-order valence-corrected chi connectivity index (χ0v) is 11.6. The summed E-state index contributed by atoms with van der Waals surface area (Å²) in [6.07, 6.45) is 5.36. The number of rotatable bonds is 3. The number of anilines is 1. The van der Waals surface area contributed by atoms with Crippen molar-refractivity contribution in [3.63, 3.8) is 0 Å². The molecule has 0 aromatic heterocycles. The van der Waals surface area contributed by atoms with Gasteiger partial charge in [0.1, 0.15) is 0 Å². The van der Waals surface area contributed by atoms with Crippen molar-refractivity contribution in [3.05, 3.63) is 28.8 Å². The van der Waals surface area contributed by atoms with Crippen molar-refractivity contribution in [2.75, 3.05) is 12.3 Å². The predicted molar refractivity (Wildman–Crippen MR) is 77.1 cm³/mol. The third-order valence-corrected chi connectivity index (χ3v) is 5.04. The van der Waals surface area contributed by atoms with Crippen LogP contribution >= 0.6 is 11.6 Å². The van der Waals surface area contributed by atoms with Crippen LogP contribution in [0.15, 0.2) is 18.2 Å². The number of hydrogen-bond donors (Lipinski definition) is 2. The standard InChI is InChI=1S/C15H19ClN2O/c16-13-3-1-2-12(14(13)17)15(19)18-8-11-7-9-4-5-10(11)6-9/h1-3,9-11H,4-8,17H2,(H,18,19). The lowest BCUT2D eigenvalue weighted by Crippen LogP contribution is -2.32. The molecule has 1 aromatic carbocycles. The van der Waals surface area contributed by atoms with Crippen LogP contribution in [0.25, 0.3) is 0 Å². The first kappa shape index (κ1) is 12.8. The minimum absolute atomic E-state index is 0.109. The number of para-hydroxylation sites is 1. The van der Waals surface area contributed by atoms with Crippen molar-refractivity contribution in [2.45, 2.75) is 25.7 Å². The quantitative estimate of drug-likeness (QED) is 0.835. The Balaban J connectivity index is 1.61. The molecule has 2 aliphatic carbocycles. The summed E-state index contributed by atoms with van der Waals surface area (Å²) in [7, 11) is 0. The molecule has 0 spiro atoms. The van der Waals surface area contributed by atoms with Gasteiger partial charge in [-0.1, -0.05) is 24.1 Å². The highest BCUT2D eigenvalue weighted by Crippen LogP contribution is 2.47. The molecule has 19 heavy (non-hydrogen) atoms. The van der Waals surface area contributed by atoms with E-state index < -0.39 is 0 Å². The van der Waals surface area contributed by atoms with Crippen molar-refractivity contribution in [2.24, 2.45) is 17.8 Å². The number of amides is 1. The second-order valence-electron chi connectivity index (χ2n) is 5.85. The molecule has 2 fully saturated rings. The molecular formula is C15H19ClN2O. The number of nitrogens with one attached hydrogen (secondary N) is 1. The maximum Gasteiger partial charge on any atom is 0.253 e. The van der Waals surface area contributed by atoms with Crippen LogP contribution in [0.5, 0.6) is 0 Å². The van der Waals surface area contributed by atoms with Gasteiger partial charge in [-0.25, -0.2) is 0 Å². The average molecular weight is 279 g/mol. The third-order valence-electron chi connectivity index (χ3n) is 4.71. The number of benzene rings is 1. The largest absolute Gasteiger partial charge is 0.397 e. The number of nitrogen functional groups attached to an aromatic ring is 1. The summed E-state index contributed by atoms with van der Waals surface area (Å²) in [6, 6.07) is 5.17. The van der Waals surface area contributed by atoms with Gasteiger partial charge < -0.3 is 11.1 Å². The van der Waals surface area contributed by atoms with E-state index in [4.69, 9.17) is 17.3 Å². The summed E-state index contributed by atoms with van der Waals surface area (Å²) >= 11 is 5.93. The van der Waals surface area contributed by atoms with Gasteiger partial charge in [0.05, 0.1) is 16.3 Å². The lowest BCUT2D eigenvalue weighted by molar-refractivity contribution is 0.0942. The van der Waals surface area contributed by atoms with E-state index in [0.29, 0.717) is 22.2 Å². The lowest BCUT2D eigenvalue weighted by Gasteiger charge is -2.22. The van der Waals surface area contributed by atoms with Crippen LogP contribution < -0.4 is 11.1 Å². The molecule has 0 saturated heterocycles. The molecule has 3 nitrogen and oxygen atoms in total. The smallest absolute Gasteiger partial charge is 0.253 e. The van der Waals surface area contributed by atoms with Crippen LogP contribution in [-0.2, 0) is 0 Å². The normalized spacial score (nSPS) is 28.6. The summed E-state index contributed by atoms with van der Waals surface area (Å²) in [5.74, 6) is 2.27. The average Bonchev–Trinajstić information content (AvgIpc) is 3.01. The molecule has 102 valence electrons. The SMILES string of the molecule is Nc1c(Cl)cccc1C(=O)NCC1CC2CCC1C2. The van der Waals surface area contributed by atoms with Crippen LogP contribution in [0.4, 0.5) is 5.69 Å². The van der Waals surface area contributed by atoms with Gasteiger partial charge in [-0.15, -0.1) is 0 Å². The fourth-order valence-corrected chi connectivity index (χ4v) is 3.86. The van der Waals surface area contributed by atoms with Crippen molar-refractivity contribution in [1.82, 2.24) is 5.32 Å². The van der Waals surface area contributed by atoms with Crippen LogP contribution in [0, 0.1) is 17.8 Å². The molecule has 3 atom stereocenters. The topological polar surface area (TPSA) is 55.1 Å². The highest BCUT2D eigenvalue weighted by Gasteiger charge is 2.39. The van der Waals surface area contributed by atoms with E-state index >= 15 is 0 Å². The second kappa shape index (κ2) is 5.04. The number of fused-ring (bicyclic) bond motifs is 2. The summed E-state index contributed by atoms with van der Waals surface area (Å²) in [6.45, 7) is 0.770. The van der Waals surface area contributed by atoms with E-state index in [1.165, 1.54) is 25.7 Å². The fourth-order valence-electron chi connectivity index (χ4n) is 3.68. The maximum atomic E-state index is 12.1. The van der Waals surface area contributed by atoms with Gasteiger partial charge in [-0.2, -0.15) is 0 Å². The number of carbonyl (C=O) groups excluding carboxylic acids is 1. The Morgan fingerprint density at radius 2 is 2.21 bits per heavy atom. The Kier molecular flexibility index (Phi) is 3.40. The van der Waals surface area contributed by atoms with Gasteiger partial charge in [0.2, 0.25) is 0 Å². The molecule has 3 unspecified atom stereocenters. The zero-order chi connectivity index (χ0) is 13.4. The molecule has 3 rings (SSSR count). The van der Waals surface area contributed by atoms with E-state index in [1.54, 1.807) is 18.2 Å². The summed E-state index contributed by atoms with van der Waals surface area (Å²) in [4.78, 5) is 12.1. The zero-order valence-electron chi connectivity index (χ0n) is 10.9. The third kappa shape index (κ3) is 2.44. The Morgan fingerprint density at radius 1 is 1.37 bits per heavy atom. The lowest BCUT2D eigenvalue weighted by atomic mass is 9.89. The Morgan fingerprint density at radius 3 is 2.89 bits per heavy atom. The highest BCUT2D eigenvalue weighted by molar-refractivity contribution is 6.33. The monoisotopic (exact) mass is 278 g/mol. The first-order chi connectivity index (χ1) is 9.15. The van der Waals surface area contributed by atoms with E-state index in [0.717, 1.165) is 18.4 Å². The highest BCUT2D eigenvalue weighted by atomic mass is 35.5. The van der Waals surface area contributed by atoms with Gasteiger partial charge in [0.15, 0.2) is 0 Å². The maximum absolute atomic E-state index is 12.1. The van der Waals surface area contributed by atoms with Gasteiger partial charge in [0.25, 0.3) is 5.91 Å². The summed E-state index contributed by atoms with van der Waals surface area (Å²) in [5.41, 5.74) is 6.69. The molecule has 0 aliphatic heterocycles. The molecule has 2 saturated carbocycles. The number of carbonyl (C=O) groups is 1. The molecule has 0 radical (unpaired) electrons. The minimum Gasteiger partial charge on any atom is -0.397 e. The summed E-state index contributed by atoms with van der Waals surface area (Å²) in [5, 5.41) is 3.45. The number of halogens is 1. The van der Waals surface area contributed by atoms with Gasteiger partial charge in [0, 0.05) is 6.54 Å². The van der Waals surface area contributed by atoms with Crippen molar-refractivity contribution >= 4 is 23.2 Å². The molecule has 2 bridgehead atoms. The van der Waals surface area contributed by atoms with E-state index in [9.17, 15) is 4.79 Å². The van der Waals surface area contributed by atoms with Crippen molar-refractivity contribution in [1.29, 1.82) is 0 Å². The molecule has 2 aliphatic rings. The first-order valence-corrected chi connectivity index (χ1v) is 7.35. The van der Waals surface area contributed by atoms with Crippen LogP contribution in [0.1, 0.15) is 36.0 Å². The molecular weight excluding hydrogens is 260 g/mol. The fraction of sp³-hybridized carbons (Fsp3) is 0.533. The van der Waals surface area contributed by atoms with Gasteiger partial charge in [-0.3, -0.25) is 4.79 Å². The minimum atomic E-state index is -0.109. The molecule has 0 heterocycles. The van der Waals surface area contributed by atoms with Crippen LogP contribution in [0.3, 0.4) is 0 Å².